The molecule has 2 heterocycles. The molecule has 0 bridgehead atoms. The molecule has 2 aromatic heterocycles. The number of amides is 4. The number of fused-ring (bicyclic) bond motifs is 1. The molecular weight excluding hydrogens is 832 g/mol. The predicted molar refractivity (Wildman–Crippen MR) is 208 cm³/mol. The van der Waals surface area contributed by atoms with Crippen LogP contribution in [0.5, 0.6) is 0 Å². The molecule has 62 heavy (non-hydrogen) atoms. The monoisotopic (exact) mass is 880 g/mol. The van der Waals surface area contributed by atoms with Crippen LogP contribution in [0.2, 0.25) is 0 Å². The Morgan fingerprint density at radius 3 is 1.97 bits per heavy atom. The highest BCUT2D eigenvalue weighted by Crippen LogP contribution is 2.14. The fourth-order valence-electron chi connectivity index (χ4n) is 5.53. The number of nitrogens with one attached hydrogen (secondary N) is 6. The molecule has 4 amide bonds. The van der Waals surface area contributed by atoms with Gasteiger partial charge in [-0.25, -0.2) is 14.8 Å². The number of aromatic nitrogens is 4. The summed E-state index contributed by atoms with van der Waals surface area (Å²) in [6.07, 6.45) is -13.8. The van der Waals surface area contributed by atoms with E-state index >= 15 is 0 Å². The number of nitrogens with two attached hydrogens (primary N) is 1. The number of anilines is 2. The van der Waals surface area contributed by atoms with Crippen LogP contribution < -0.4 is 37.9 Å². The quantitative estimate of drug-likeness (QED) is 0.0397. The smallest absolute Gasteiger partial charge is 0.326 e. The zero-order chi connectivity index (χ0) is 46.4. The van der Waals surface area contributed by atoms with Crippen molar-refractivity contribution in [3.63, 3.8) is 0 Å². The van der Waals surface area contributed by atoms with Gasteiger partial charge in [0, 0.05) is 17.7 Å². The van der Waals surface area contributed by atoms with Crippen LogP contribution in [0.4, 0.5) is 11.6 Å². The Hall–Kier alpha value is -6.46. The van der Waals surface area contributed by atoms with E-state index in [9.17, 15) is 79.5 Å². The average Bonchev–Trinajstić information content (AvgIpc) is 3.23. The molecule has 0 aliphatic carbocycles. The maximum absolute atomic E-state index is 13.4. The summed E-state index contributed by atoms with van der Waals surface area (Å²) in [5, 5.41) is 110. The Kier molecular flexibility index (Phi) is 18.5. The van der Waals surface area contributed by atoms with E-state index in [1.54, 1.807) is 0 Å². The lowest BCUT2D eigenvalue weighted by Crippen LogP contribution is -2.62. The molecule has 3 aromatic rings. The first-order valence-electron chi connectivity index (χ1n) is 18.5. The number of aliphatic carboxylic acids is 2. The van der Waals surface area contributed by atoms with Gasteiger partial charge in [0.15, 0.2) is 11.2 Å². The van der Waals surface area contributed by atoms with Gasteiger partial charge in [-0.15, -0.1) is 0 Å². The molecule has 1 aromatic carbocycles. The van der Waals surface area contributed by atoms with Crippen molar-refractivity contribution in [2.75, 3.05) is 24.3 Å². The van der Waals surface area contributed by atoms with E-state index in [0.717, 1.165) is 6.92 Å². The van der Waals surface area contributed by atoms with Gasteiger partial charge in [-0.2, -0.15) is 4.98 Å². The molecule has 0 saturated carbocycles. The van der Waals surface area contributed by atoms with Crippen molar-refractivity contribution in [2.45, 2.75) is 93.5 Å². The van der Waals surface area contributed by atoms with E-state index in [1.165, 1.54) is 30.5 Å². The second kappa shape index (κ2) is 22.9. The molecule has 3 rings (SSSR count). The molecule has 340 valence electrons. The summed E-state index contributed by atoms with van der Waals surface area (Å²) in [5.74, 6) is -8.30. The van der Waals surface area contributed by atoms with Crippen LogP contribution in [0.25, 0.3) is 11.2 Å². The minimum Gasteiger partial charge on any atom is -0.481 e. The lowest BCUT2D eigenvalue weighted by Gasteiger charge is -2.31. The summed E-state index contributed by atoms with van der Waals surface area (Å²) in [4.78, 5) is 103. The lowest BCUT2D eigenvalue weighted by molar-refractivity contribution is -0.144. The lowest BCUT2D eigenvalue weighted by atomic mass is 9.99. The fourth-order valence-corrected chi connectivity index (χ4v) is 5.53. The number of aromatic amines is 1. The number of carbonyl (C=O) groups is 6. The molecule has 10 atom stereocenters. The molecule has 0 fully saturated rings. The topological polar surface area (TPSA) is 462 Å². The van der Waals surface area contributed by atoms with Crippen molar-refractivity contribution in [2.24, 2.45) is 0 Å². The van der Waals surface area contributed by atoms with Crippen LogP contribution in [0, 0.1) is 0 Å². The van der Waals surface area contributed by atoms with Crippen LogP contribution in [-0.2, 0) is 30.5 Å². The first kappa shape index (κ1) is 49.9. The molecule has 0 unspecified atom stereocenters. The number of aliphatic hydroxyl groups is 8. The zero-order valence-corrected chi connectivity index (χ0v) is 32.7. The third kappa shape index (κ3) is 14.1. The van der Waals surface area contributed by atoms with E-state index < -0.39 is 134 Å². The number of H-pyrrole nitrogens is 1. The van der Waals surface area contributed by atoms with E-state index in [0.29, 0.717) is 11.4 Å². The summed E-state index contributed by atoms with van der Waals surface area (Å²) in [6, 6.07) is -1.88. The third-order valence-electron chi connectivity index (χ3n) is 9.07. The van der Waals surface area contributed by atoms with Gasteiger partial charge in [-0.05, 0) is 37.6 Å². The van der Waals surface area contributed by atoms with Crippen molar-refractivity contribution in [3.8, 4) is 0 Å². The molecule has 0 aliphatic heterocycles. The van der Waals surface area contributed by atoms with Gasteiger partial charge in [0.25, 0.3) is 11.5 Å². The molecule has 0 spiro atoms. The van der Waals surface area contributed by atoms with Crippen LogP contribution >= 0.6 is 0 Å². The van der Waals surface area contributed by atoms with E-state index in [2.05, 4.69) is 35.9 Å². The van der Waals surface area contributed by atoms with E-state index in [1.807, 2.05) is 10.6 Å². The van der Waals surface area contributed by atoms with Crippen molar-refractivity contribution >= 4 is 58.4 Å². The molecule has 0 aliphatic rings. The van der Waals surface area contributed by atoms with Crippen molar-refractivity contribution in [1.29, 1.82) is 0 Å². The number of aliphatic hydroxyl groups excluding tert-OH is 8. The van der Waals surface area contributed by atoms with Gasteiger partial charge < -0.3 is 83.4 Å². The zero-order valence-electron chi connectivity index (χ0n) is 32.7. The maximum Gasteiger partial charge on any atom is 0.326 e. The Morgan fingerprint density at radius 2 is 1.39 bits per heavy atom. The van der Waals surface area contributed by atoms with Crippen LogP contribution in [-0.4, -0.2) is 181 Å². The first-order chi connectivity index (χ1) is 29.2. The number of carbonyl (C=O) groups excluding carboxylic acids is 4. The molecule has 18 N–H and O–H groups in total. The number of carboxylic acid groups (broad SMARTS) is 2. The summed E-state index contributed by atoms with van der Waals surface area (Å²) in [5.41, 5.74) is 5.77. The highest BCUT2D eigenvalue weighted by molar-refractivity contribution is 5.97. The third-order valence-corrected chi connectivity index (χ3v) is 9.07. The number of hydrogen-bond acceptors (Lipinski definition) is 20. The molecule has 27 heteroatoms. The Bertz CT molecular complexity index is 2110. The Morgan fingerprint density at radius 1 is 0.774 bits per heavy atom. The molecular formula is C35H48N10O17. The molecule has 0 saturated heterocycles. The van der Waals surface area contributed by atoms with Crippen molar-refractivity contribution in [3.05, 3.63) is 52.1 Å². The summed E-state index contributed by atoms with van der Waals surface area (Å²) in [7, 11) is 0. The molecule has 27 nitrogen and oxygen atoms in total. The summed E-state index contributed by atoms with van der Waals surface area (Å²) >= 11 is 0. The number of carboxylic acids is 2. The fraction of sp³-hybridized carbons (Fsp3) is 0.486. The summed E-state index contributed by atoms with van der Waals surface area (Å²) in [6.45, 7) is -0.922. The molecule has 0 radical (unpaired) electrons. The second-order valence-corrected chi connectivity index (χ2v) is 13.8. The van der Waals surface area contributed by atoms with Gasteiger partial charge in [0.2, 0.25) is 23.7 Å². The highest BCUT2D eigenvalue weighted by Gasteiger charge is 2.39. The van der Waals surface area contributed by atoms with Gasteiger partial charge in [-0.3, -0.25) is 33.8 Å². The van der Waals surface area contributed by atoms with E-state index in [4.69, 9.17) is 10.8 Å². The number of hydrogen-bond donors (Lipinski definition) is 17. The van der Waals surface area contributed by atoms with Gasteiger partial charge >= 0.3 is 11.9 Å². The van der Waals surface area contributed by atoms with Crippen LogP contribution in [0.1, 0.15) is 42.2 Å². The van der Waals surface area contributed by atoms with Crippen molar-refractivity contribution in [1.82, 2.24) is 41.2 Å². The van der Waals surface area contributed by atoms with E-state index in [-0.39, 0.29) is 29.2 Å². The average molecular weight is 881 g/mol. The van der Waals surface area contributed by atoms with Gasteiger partial charge in [0.1, 0.15) is 54.7 Å². The second-order valence-electron chi connectivity index (χ2n) is 13.8. The number of nitrogen functional groups attached to an aromatic ring is 1. The summed E-state index contributed by atoms with van der Waals surface area (Å²) < 4.78 is 0. The number of benzene rings is 1. The highest BCUT2D eigenvalue weighted by atomic mass is 16.4. The predicted octanol–water partition coefficient (Wildman–Crippen LogP) is -7.03. The minimum atomic E-state index is -2.46. The number of rotatable bonds is 24. The SMILES string of the molecule is C[C@@H](NC(=O)[C@H](CC(=O)O)NC(=O)[C@@H](NC(=O)CC[C@H](NC(=O)c1ccc(NCc2cnc3nc(N)[nH]c(=O)c3n2)cc1)C(=O)O)[C@@H](O)[C@H](O)[C@H](O)CO)[C@@H](O)[C@H](O)[C@H](O)CO. The Labute approximate surface area is 349 Å². The first-order valence-corrected chi connectivity index (χ1v) is 18.5. The maximum atomic E-state index is 13.4. The standard InChI is InChI=1S/C35H48N10O17/c1-13(25(53)26(54)19(48)11-46)39-31(58)18(8-22(51)52)42-32(59)23(28(56)27(55)20(49)12-47)43-21(50)7-6-17(34(61)62)41-30(57)14-2-4-15(5-3-14)37-9-16-10-38-29-24(40-16)33(60)45-35(36)44-29/h2-5,10,13,17-20,23,25-28,37,46-49,53-56H,6-9,11-12H2,1H3,(H,39,58)(H,41,57)(H,42,59)(H,43,50)(H,51,52)(H,61,62)(H3,36,38,44,45,60)/t13-,17+,18+,19-,20-,23+,25-,26-,27-,28-/m1/s1. The normalized spacial score (nSPS) is 16.2. The largest absolute Gasteiger partial charge is 0.481 e. The Balaban J connectivity index is 1.68. The van der Waals surface area contributed by atoms with Crippen molar-refractivity contribution < 1.29 is 79.8 Å². The van der Waals surface area contributed by atoms with Crippen LogP contribution in [0.3, 0.4) is 0 Å². The number of nitrogens with zero attached hydrogens (tertiary/aromatic N) is 3. The van der Waals surface area contributed by atoms with Gasteiger partial charge in [-0.1, -0.05) is 0 Å². The minimum absolute atomic E-state index is 0.00832. The van der Waals surface area contributed by atoms with Crippen LogP contribution in [0.15, 0.2) is 35.3 Å². The van der Waals surface area contributed by atoms with Gasteiger partial charge in [0.05, 0.1) is 44.1 Å².